The molecule has 12 heavy (non-hydrogen) atoms. The summed E-state index contributed by atoms with van der Waals surface area (Å²) in [7, 11) is 0. The molecule has 0 unspecified atom stereocenters. The minimum atomic E-state index is 0.107. The minimum Gasteiger partial charge on any atom is -0.325 e. The first-order chi connectivity index (χ1) is 5.66. The maximum atomic E-state index is 11.0. The highest BCUT2D eigenvalue weighted by Crippen LogP contribution is 2.28. The van der Waals surface area contributed by atoms with Crippen molar-refractivity contribution >= 4 is 34.2 Å². The van der Waals surface area contributed by atoms with Crippen LogP contribution in [0, 0.1) is 10.5 Å². The fourth-order valence-electron chi connectivity index (χ4n) is 1.47. The first-order valence-corrected chi connectivity index (χ1v) is 4.83. The lowest BCUT2D eigenvalue weighted by molar-refractivity contribution is -0.115. The highest BCUT2D eigenvalue weighted by atomic mass is 127. The average molecular weight is 273 g/mol. The average Bonchev–Trinajstić information content (AvgIpc) is 2.29. The van der Waals surface area contributed by atoms with Crippen LogP contribution in [0.25, 0.3) is 0 Å². The van der Waals surface area contributed by atoms with Gasteiger partial charge in [0, 0.05) is 9.26 Å². The number of hydrogen-bond donors (Lipinski definition) is 1. The zero-order valence-electron chi connectivity index (χ0n) is 6.65. The van der Waals surface area contributed by atoms with Crippen molar-refractivity contribution in [3.05, 3.63) is 26.8 Å². The molecule has 0 aromatic heterocycles. The molecule has 2 rings (SSSR count). The second kappa shape index (κ2) is 2.73. The van der Waals surface area contributed by atoms with Gasteiger partial charge in [0.15, 0.2) is 0 Å². The van der Waals surface area contributed by atoms with Crippen molar-refractivity contribution in [1.82, 2.24) is 0 Å². The van der Waals surface area contributed by atoms with Gasteiger partial charge in [0.05, 0.1) is 6.42 Å². The van der Waals surface area contributed by atoms with Gasteiger partial charge in [-0.1, -0.05) is 0 Å². The Morgan fingerprint density at radius 1 is 1.50 bits per heavy atom. The minimum absolute atomic E-state index is 0.107. The maximum absolute atomic E-state index is 11.0. The third-order valence-electron chi connectivity index (χ3n) is 2.05. The standard InChI is InChI=1S/C9H8INO/c1-5-2-6(10)3-8-7(5)4-9(12)11-8/h2-3H,4H2,1H3,(H,11,12). The van der Waals surface area contributed by atoms with Gasteiger partial charge in [-0.15, -0.1) is 0 Å². The van der Waals surface area contributed by atoms with E-state index in [2.05, 4.69) is 34.0 Å². The van der Waals surface area contributed by atoms with Gasteiger partial charge in [-0.25, -0.2) is 0 Å². The van der Waals surface area contributed by atoms with E-state index in [-0.39, 0.29) is 5.91 Å². The van der Waals surface area contributed by atoms with Gasteiger partial charge >= 0.3 is 0 Å². The van der Waals surface area contributed by atoms with Crippen molar-refractivity contribution in [2.24, 2.45) is 0 Å². The normalized spacial score (nSPS) is 14.3. The van der Waals surface area contributed by atoms with Gasteiger partial charge in [-0.3, -0.25) is 4.79 Å². The molecule has 2 nitrogen and oxygen atoms in total. The number of nitrogens with one attached hydrogen (secondary N) is 1. The summed E-state index contributed by atoms with van der Waals surface area (Å²) >= 11 is 2.25. The lowest BCUT2D eigenvalue weighted by Gasteiger charge is -2.02. The Hall–Kier alpha value is -0.580. The molecule has 0 bridgehead atoms. The van der Waals surface area contributed by atoms with Crippen molar-refractivity contribution < 1.29 is 4.79 Å². The molecule has 1 N–H and O–H groups in total. The second-order valence-electron chi connectivity index (χ2n) is 2.97. The van der Waals surface area contributed by atoms with Gasteiger partial charge in [0.1, 0.15) is 0 Å². The van der Waals surface area contributed by atoms with E-state index in [1.165, 1.54) is 9.13 Å². The maximum Gasteiger partial charge on any atom is 0.228 e. The van der Waals surface area contributed by atoms with Crippen molar-refractivity contribution in [3.63, 3.8) is 0 Å². The SMILES string of the molecule is Cc1cc(I)cc2c1CC(=O)N2. The van der Waals surface area contributed by atoms with Gasteiger partial charge in [-0.05, 0) is 52.8 Å². The molecular weight excluding hydrogens is 265 g/mol. The van der Waals surface area contributed by atoms with Crippen LogP contribution in [0.15, 0.2) is 12.1 Å². The third kappa shape index (κ3) is 1.22. The van der Waals surface area contributed by atoms with Crippen LogP contribution in [0.3, 0.4) is 0 Å². The largest absolute Gasteiger partial charge is 0.325 e. The van der Waals surface area contributed by atoms with Crippen LogP contribution in [0.2, 0.25) is 0 Å². The molecule has 1 heterocycles. The first kappa shape index (κ1) is 8.04. The Bertz CT molecular complexity index is 360. The Balaban J connectivity index is 2.59. The molecule has 0 spiro atoms. The summed E-state index contributed by atoms with van der Waals surface area (Å²) in [5.41, 5.74) is 3.35. The van der Waals surface area contributed by atoms with Gasteiger partial charge < -0.3 is 5.32 Å². The Kier molecular flexibility index (Phi) is 1.83. The van der Waals surface area contributed by atoms with E-state index in [0.29, 0.717) is 6.42 Å². The summed E-state index contributed by atoms with van der Waals surface area (Å²) in [6, 6.07) is 4.10. The predicted octanol–water partition coefficient (Wildman–Crippen LogP) is 2.09. The van der Waals surface area contributed by atoms with Crippen molar-refractivity contribution in [3.8, 4) is 0 Å². The van der Waals surface area contributed by atoms with Crippen LogP contribution in [0.5, 0.6) is 0 Å². The highest BCUT2D eigenvalue weighted by molar-refractivity contribution is 14.1. The molecule has 0 fully saturated rings. The van der Waals surface area contributed by atoms with Crippen molar-refractivity contribution in [2.75, 3.05) is 5.32 Å². The molecule has 1 aromatic carbocycles. The number of rotatable bonds is 0. The number of carbonyl (C=O) groups excluding carboxylic acids is 1. The van der Waals surface area contributed by atoms with E-state index in [0.717, 1.165) is 11.3 Å². The Morgan fingerprint density at radius 2 is 2.25 bits per heavy atom. The molecular formula is C9H8INO. The molecule has 1 aliphatic rings. The molecule has 3 heteroatoms. The second-order valence-corrected chi connectivity index (χ2v) is 4.22. The van der Waals surface area contributed by atoms with Gasteiger partial charge in [0.2, 0.25) is 5.91 Å². The highest BCUT2D eigenvalue weighted by Gasteiger charge is 2.19. The topological polar surface area (TPSA) is 29.1 Å². The zero-order valence-corrected chi connectivity index (χ0v) is 8.81. The number of amides is 1. The van der Waals surface area contributed by atoms with Crippen LogP contribution in [0.1, 0.15) is 11.1 Å². The Labute approximate surface area is 84.5 Å². The molecule has 0 aliphatic carbocycles. The Morgan fingerprint density at radius 3 is 3.00 bits per heavy atom. The fraction of sp³-hybridized carbons (Fsp3) is 0.222. The lowest BCUT2D eigenvalue weighted by atomic mass is 10.1. The number of benzene rings is 1. The first-order valence-electron chi connectivity index (χ1n) is 3.75. The summed E-state index contributed by atoms with van der Waals surface area (Å²) in [5.74, 6) is 0.107. The van der Waals surface area contributed by atoms with E-state index in [9.17, 15) is 4.79 Å². The molecule has 0 saturated heterocycles. The van der Waals surface area contributed by atoms with Crippen LogP contribution < -0.4 is 5.32 Å². The van der Waals surface area contributed by atoms with Crippen LogP contribution >= 0.6 is 22.6 Å². The van der Waals surface area contributed by atoms with Gasteiger partial charge in [0.25, 0.3) is 0 Å². The zero-order chi connectivity index (χ0) is 8.72. The summed E-state index contributed by atoms with van der Waals surface area (Å²) < 4.78 is 1.17. The van der Waals surface area contributed by atoms with Crippen molar-refractivity contribution in [1.29, 1.82) is 0 Å². The number of carbonyl (C=O) groups is 1. The van der Waals surface area contributed by atoms with E-state index < -0.39 is 0 Å². The molecule has 0 radical (unpaired) electrons. The van der Waals surface area contributed by atoms with Gasteiger partial charge in [-0.2, -0.15) is 0 Å². The predicted molar refractivity (Wildman–Crippen MR) is 56.2 cm³/mol. The quantitative estimate of drug-likeness (QED) is 0.720. The summed E-state index contributed by atoms with van der Waals surface area (Å²) in [4.78, 5) is 11.0. The molecule has 1 aromatic rings. The molecule has 1 amide bonds. The van der Waals surface area contributed by atoms with Crippen LogP contribution in [0.4, 0.5) is 5.69 Å². The fourth-order valence-corrected chi connectivity index (χ4v) is 2.25. The lowest BCUT2D eigenvalue weighted by Crippen LogP contribution is -2.03. The number of anilines is 1. The molecule has 62 valence electrons. The van der Waals surface area contributed by atoms with E-state index >= 15 is 0 Å². The molecule has 0 atom stereocenters. The monoisotopic (exact) mass is 273 g/mol. The number of aryl methyl sites for hydroxylation is 1. The number of fused-ring (bicyclic) bond motifs is 1. The van der Waals surface area contributed by atoms with Crippen molar-refractivity contribution in [2.45, 2.75) is 13.3 Å². The van der Waals surface area contributed by atoms with Crippen LogP contribution in [-0.2, 0) is 11.2 Å². The third-order valence-corrected chi connectivity index (χ3v) is 2.67. The molecule has 1 aliphatic heterocycles. The van der Waals surface area contributed by atoms with Crippen LogP contribution in [-0.4, -0.2) is 5.91 Å². The summed E-state index contributed by atoms with van der Waals surface area (Å²) in [6.07, 6.45) is 0.540. The number of hydrogen-bond acceptors (Lipinski definition) is 1. The smallest absolute Gasteiger partial charge is 0.228 e. The molecule has 0 saturated carbocycles. The summed E-state index contributed by atoms with van der Waals surface area (Å²) in [6.45, 7) is 2.04. The summed E-state index contributed by atoms with van der Waals surface area (Å²) in [5, 5.41) is 2.84. The van der Waals surface area contributed by atoms with E-state index in [1.807, 2.05) is 13.0 Å². The van der Waals surface area contributed by atoms with E-state index in [4.69, 9.17) is 0 Å². The number of halogens is 1. The van der Waals surface area contributed by atoms with E-state index in [1.54, 1.807) is 0 Å².